The monoisotopic (exact) mass is 140 g/mol. The lowest BCUT2D eigenvalue weighted by molar-refractivity contribution is -0.116. The molecule has 1 aliphatic heterocycles. The van der Waals surface area contributed by atoms with E-state index in [1.165, 1.54) is 0 Å². The number of carbonyl (C=O) groups is 1. The summed E-state index contributed by atoms with van der Waals surface area (Å²) < 4.78 is 4.92. The highest BCUT2D eigenvalue weighted by atomic mass is 16.6. The lowest BCUT2D eigenvalue weighted by Crippen LogP contribution is -2.25. The zero-order valence-electron chi connectivity index (χ0n) is 5.57. The highest BCUT2D eigenvalue weighted by Crippen LogP contribution is 2.33. The summed E-state index contributed by atoms with van der Waals surface area (Å²) in [7, 11) is 0. The van der Waals surface area contributed by atoms with Crippen LogP contribution in [0.15, 0.2) is 11.6 Å². The van der Waals surface area contributed by atoms with Gasteiger partial charge in [-0.15, -0.1) is 0 Å². The van der Waals surface area contributed by atoms with Gasteiger partial charge in [0.1, 0.15) is 18.3 Å². The van der Waals surface area contributed by atoms with E-state index < -0.39 is 6.10 Å². The first-order valence-corrected chi connectivity index (χ1v) is 3.26. The lowest BCUT2D eigenvalue weighted by atomic mass is 9.98. The van der Waals surface area contributed by atoms with Crippen LogP contribution >= 0.6 is 0 Å². The van der Waals surface area contributed by atoms with Crippen LogP contribution in [0.2, 0.25) is 0 Å². The number of fused-ring (bicyclic) bond motifs is 1. The van der Waals surface area contributed by atoms with Gasteiger partial charge in [-0.3, -0.25) is 4.79 Å². The van der Waals surface area contributed by atoms with E-state index in [1.54, 1.807) is 13.0 Å². The number of hydrogen-bond donors (Lipinski definition) is 1. The van der Waals surface area contributed by atoms with Crippen molar-refractivity contribution in [3.05, 3.63) is 11.6 Å². The van der Waals surface area contributed by atoms with Gasteiger partial charge >= 0.3 is 0 Å². The summed E-state index contributed by atoms with van der Waals surface area (Å²) >= 11 is 0. The SMILES string of the molecule is CC1=C[C@@H](O)[C@H]2O[C@H]2C1=O. The second kappa shape index (κ2) is 1.68. The van der Waals surface area contributed by atoms with Crippen molar-refractivity contribution in [2.75, 3.05) is 0 Å². The molecule has 0 spiro atoms. The van der Waals surface area contributed by atoms with E-state index in [-0.39, 0.29) is 18.0 Å². The molecule has 3 heteroatoms. The summed E-state index contributed by atoms with van der Waals surface area (Å²) in [5, 5.41) is 9.15. The largest absolute Gasteiger partial charge is 0.386 e. The van der Waals surface area contributed by atoms with Gasteiger partial charge in [0.05, 0.1) is 0 Å². The Labute approximate surface area is 58.3 Å². The highest BCUT2D eigenvalue weighted by molar-refractivity contribution is 6.01. The van der Waals surface area contributed by atoms with Crippen molar-refractivity contribution in [3.8, 4) is 0 Å². The number of ether oxygens (including phenoxy) is 1. The maximum atomic E-state index is 11.0. The van der Waals surface area contributed by atoms with Crippen LogP contribution in [0, 0.1) is 0 Å². The number of epoxide rings is 1. The molecule has 1 saturated heterocycles. The summed E-state index contributed by atoms with van der Waals surface area (Å²) in [6, 6.07) is 0. The standard InChI is InChI=1S/C7H8O3/c1-3-2-4(8)6-7(10-6)5(3)9/h2,4,6-8H,1H3/t4-,6-,7+/m1/s1. The van der Waals surface area contributed by atoms with Gasteiger partial charge in [-0.2, -0.15) is 0 Å². The summed E-state index contributed by atoms with van der Waals surface area (Å²) in [4.78, 5) is 11.0. The molecule has 0 aromatic rings. The molecule has 1 aliphatic carbocycles. The Balaban J connectivity index is 2.30. The van der Waals surface area contributed by atoms with Crippen molar-refractivity contribution < 1.29 is 14.6 Å². The molecule has 2 rings (SSSR count). The van der Waals surface area contributed by atoms with Crippen LogP contribution in [0.4, 0.5) is 0 Å². The van der Waals surface area contributed by atoms with E-state index in [4.69, 9.17) is 9.84 Å². The predicted molar refractivity (Wildman–Crippen MR) is 33.4 cm³/mol. The van der Waals surface area contributed by atoms with Crippen molar-refractivity contribution >= 4 is 5.78 Å². The maximum Gasteiger partial charge on any atom is 0.189 e. The van der Waals surface area contributed by atoms with Crippen LogP contribution in [0.5, 0.6) is 0 Å². The smallest absolute Gasteiger partial charge is 0.189 e. The van der Waals surface area contributed by atoms with E-state index >= 15 is 0 Å². The molecular formula is C7H8O3. The first-order valence-electron chi connectivity index (χ1n) is 3.26. The van der Waals surface area contributed by atoms with Gasteiger partial charge in [0, 0.05) is 0 Å². The van der Waals surface area contributed by atoms with E-state index in [9.17, 15) is 4.79 Å². The Morgan fingerprint density at radius 2 is 2.40 bits per heavy atom. The Kier molecular flexibility index (Phi) is 1.02. The molecule has 0 amide bonds. The van der Waals surface area contributed by atoms with Crippen molar-refractivity contribution in [2.24, 2.45) is 0 Å². The van der Waals surface area contributed by atoms with E-state index in [0.717, 1.165) is 0 Å². The Bertz CT molecular complexity index is 219. The van der Waals surface area contributed by atoms with Crippen LogP contribution in [-0.2, 0) is 9.53 Å². The molecule has 0 aromatic carbocycles. The second-order valence-corrected chi connectivity index (χ2v) is 2.73. The van der Waals surface area contributed by atoms with Crippen molar-refractivity contribution in [1.82, 2.24) is 0 Å². The van der Waals surface area contributed by atoms with Crippen LogP contribution in [0.3, 0.4) is 0 Å². The van der Waals surface area contributed by atoms with Crippen molar-refractivity contribution in [2.45, 2.75) is 25.2 Å². The fraction of sp³-hybridized carbons (Fsp3) is 0.571. The molecular weight excluding hydrogens is 132 g/mol. The average Bonchev–Trinajstić information content (AvgIpc) is 2.61. The molecule has 10 heavy (non-hydrogen) atoms. The minimum atomic E-state index is -0.567. The first-order chi connectivity index (χ1) is 4.70. The minimum absolute atomic E-state index is 0.0234. The normalized spacial score (nSPS) is 44.4. The molecule has 0 aromatic heterocycles. The third kappa shape index (κ3) is 0.646. The summed E-state index contributed by atoms with van der Waals surface area (Å²) in [6.07, 6.45) is 0.412. The topological polar surface area (TPSA) is 49.8 Å². The number of hydrogen-bond acceptors (Lipinski definition) is 3. The quantitative estimate of drug-likeness (QED) is 0.467. The Hall–Kier alpha value is -0.670. The molecule has 3 atom stereocenters. The van der Waals surface area contributed by atoms with Gasteiger partial charge in [-0.05, 0) is 18.6 Å². The Morgan fingerprint density at radius 3 is 3.10 bits per heavy atom. The van der Waals surface area contributed by atoms with E-state index in [1.807, 2.05) is 0 Å². The third-order valence-corrected chi connectivity index (χ3v) is 1.93. The number of carbonyl (C=O) groups excluding carboxylic acids is 1. The van der Waals surface area contributed by atoms with E-state index in [0.29, 0.717) is 5.57 Å². The van der Waals surface area contributed by atoms with Crippen LogP contribution in [0.1, 0.15) is 6.92 Å². The molecule has 0 bridgehead atoms. The number of Topliss-reactive ketones (excluding diaryl/α,β-unsaturated/α-hetero) is 1. The summed E-state index contributed by atoms with van der Waals surface area (Å²) in [5.41, 5.74) is 0.617. The third-order valence-electron chi connectivity index (χ3n) is 1.93. The van der Waals surface area contributed by atoms with Crippen LogP contribution < -0.4 is 0 Å². The second-order valence-electron chi connectivity index (χ2n) is 2.73. The Morgan fingerprint density at radius 1 is 1.70 bits per heavy atom. The summed E-state index contributed by atoms with van der Waals surface area (Å²) in [6.45, 7) is 1.70. The summed E-state index contributed by atoms with van der Waals surface area (Å²) in [5.74, 6) is 0.0234. The maximum absolute atomic E-state index is 11.0. The first kappa shape index (κ1) is 6.07. The van der Waals surface area contributed by atoms with Gasteiger partial charge < -0.3 is 9.84 Å². The number of ketones is 1. The number of aliphatic hydroxyl groups excluding tert-OH is 1. The lowest BCUT2D eigenvalue weighted by Gasteiger charge is -2.07. The van der Waals surface area contributed by atoms with Crippen molar-refractivity contribution in [3.63, 3.8) is 0 Å². The molecule has 1 fully saturated rings. The molecule has 3 nitrogen and oxygen atoms in total. The zero-order chi connectivity index (χ0) is 7.30. The fourth-order valence-corrected chi connectivity index (χ4v) is 1.25. The molecule has 2 aliphatic rings. The zero-order valence-corrected chi connectivity index (χ0v) is 5.57. The molecule has 0 unspecified atom stereocenters. The van der Waals surface area contributed by atoms with Gasteiger partial charge in [-0.25, -0.2) is 0 Å². The average molecular weight is 140 g/mol. The fourth-order valence-electron chi connectivity index (χ4n) is 1.25. The van der Waals surface area contributed by atoms with Crippen molar-refractivity contribution in [1.29, 1.82) is 0 Å². The van der Waals surface area contributed by atoms with Gasteiger partial charge in [0.2, 0.25) is 0 Å². The highest BCUT2D eigenvalue weighted by Gasteiger charge is 2.51. The van der Waals surface area contributed by atoms with Gasteiger partial charge in [-0.1, -0.05) is 0 Å². The molecule has 0 radical (unpaired) electrons. The van der Waals surface area contributed by atoms with E-state index in [2.05, 4.69) is 0 Å². The molecule has 1 N–H and O–H groups in total. The number of aliphatic hydroxyl groups is 1. The molecule has 54 valence electrons. The van der Waals surface area contributed by atoms with Crippen LogP contribution in [-0.4, -0.2) is 29.2 Å². The van der Waals surface area contributed by atoms with Crippen LogP contribution in [0.25, 0.3) is 0 Å². The van der Waals surface area contributed by atoms with Gasteiger partial charge in [0.15, 0.2) is 5.78 Å². The van der Waals surface area contributed by atoms with Gasteiger partial charge in [0.25, 0.3) is 0 Å². The predicted octanol–water partition coefficient (Wildman–Crippen LogP) is -0.356. The molecule has 0 saturated carbocycles. The molecule has 1 heterocycles. The number of rotatable bonds is 0. The minimum Gasteiger partial charge on any atom is -0.386 e.